The van der Waals surface area contributed by atoms with Gasteiger partial charge in [0, 0.05) is 20.2 Å². The SMILES string of the molecule is COC(C)(C)CNCc1ccc(C)cc1. The van der Waals surface area contributed by atoms with Crippen molar-refractivity contribution < 1.29 is 4.74 Å². The molecule has 0 amide bonds. The Kier molecular flexibility index (Phi) is 4.30. The zero-order valence-corrected chi connectivity index (χ0v) is 10.1. The van der Waals surface area contributed by atoms with Crippen molar-refractivity contribution in [2.45, 2.75) is 32.9 Å². The first-order valence-corrected chi connectivity index (χ1v) is 5.35. The summed E-state index contributed by atoms with van der Waals surface area (Å²) in [6, 6.07) is 8.58. The van der Waals surface area contributed by atoms with E-state index in [0.29, 0.717) is 0 Å². The van der Waals surface area contributed by atoms with E-state index in [4.69, 9.17) is 4.74 Å². The Morgan fingerprint density at radius 1 is 1.20 bits per heavy atom. The fourth-order valence-electron chi connectivity index (χ4n) is 1.29. The van der Waals surface area contributed by atoms with Gasteiger partial charge < -0.3 is 10.1 Å². The molecule has 0 saturated carbocycles. The molecule has 1 aromatic rings. The van der Waals surface area contributed by atoms with E-state index in [1.165, 1.54) is 11.1 Å². The molecule has 0 atom stereocenters. The fraction of sp³-hybridized carbons (Fsp3) is 0.538. The summed E-state index contributed by atoms with van der Waals surface area (Å²) in [7, 11) is 1.74. The van der Waals surface area contributed by atoms with Gasteiger partial charge in [-0.2, -0.15) is 0 Å². The van der Waals surface area contributed by atoms with Crippen LogP contribution in [0.15, 0.2) is 24.3 Å². The second kappa shape index (κ2) is 5.29. The van der Waals surface area contributed by atoms with Crippen molar-refractivity contribution >= 4 is 0 Å². The van der Waals surface area contributed by atoms with Gasteiger partial charge >= 0.3 is 0 Å². The molecule has 0 aromatic heterocycles. The molecule has 0 bridgehead atoms. The monoisotopic (exact) mass is 207 g/mol. The number of benzene rings is 1. The second-order valence-electron chi connectivity index (χ2n) is 4.55. The number of nitrogens with one attached hydrogen (secondary N) is 1. The average molecular weight is 207 g/mol. The molecule has 0 aliphatic rings. The lowest BCUT2D eigenvalue weighted by molar-refractivity contribution is 0.0230. The van der Waals surface area contributed by atoms with Crippen LogP contribution in [-0.4, -0.2) is 19.3 Å². The molecule has 0 unspecified atom stereocenters. The summed E-state index contributed by atoms with van der Waals surface area (Å²) in [5, 5.41) is 3.39. The minimum absolute atomic E-state index is 0.0926. The van der Waals surface area contributed by atoms with Gasteiger partial charge in [-0.05, 0) is 26.3 Å². The van der Waals surface area contributed by atoms with E-state index in [1.807, 2.05) is 0 Å². The molecule has 15 heavy (non-hydrogen) atoms. The van der Waals surface area contributed by atoms with Crippen LogP contribution in [-0.2, 0) is 11.3 Å². The molecule has 84 valence electrons. The summed E-state index contributed by atoms with van der Waals surface area (Å²) in [5.41, 5.74) is 2.52. The number of aryl methyl sites for hydroxylation is 1. The van der Waals surface area contributed by atoms with Crippen LogP contribution < -0.4 is 5.32 Å². The lowest BCUT2D eigenvalue weighted by atomic mass is 10.1. The van der Waals surface area contributed by atoms with Crippen molar-refractivity contribution in [3.8, 4) is 0 Å². The molecule has 0 spiro atoms. The molecule has 0 heterocycles. The van der Waals surface area contributed by atoms with Crippen molar-refractivity contribution in [2.75, 3.05) is 13.7 Å². The highest BCUT2D eigenvalue weighted by Crippen LogP contribution is 2.06. The van der Waals surface area contributed by atoms with Gasteiger partial charge in [-0.25, -0.2) is 0 Å². The molecule has 2 heteroatoms. The van der Waals surface area contributed by atoms with E-state index in [-0.39, 0.29) is 5.60 Å². The molecule has 0 fully saturated rings. The van der Waals surface area contributed by atoms with Crippen LogP contribution in [0.1, 0.15) is 25.0 Å². The van der Waals surface area contributed by atoms with Crippen LogP contribution in [0.3, 0.4) is 0 Å². The highest BCUT2D eigenvalue weighted by molar-refractivity contribution is 5.21. The Morgan fingerprint density at radius 2 is 1.80 bits per heavy atom. The minimum atomic E-state index is -0.0926. The number of hydrogen-bond donors (Lipinski definition) is 1. The van der Waals surface area contributed by atoms with Gasteiger partial charge in [0.15, 0.2) is 0 Å². The van der Waals surface area contributed by atoms with Crippen LogP contribution in [0, 0.1) is 6.92 Å². The van der Waals surface area contributed by atoms with Crippen molar-refractivity contribution in [1.82, 2.24) is 5.32 Å². The average Bonchev–Trinajstić information content (AvgIpc) is 2.21. The largest absolute Gasteiger partial charge is 0.377 e. The van der Waals surface area contributed by atoms with Gasteiger partial charge in [0.2, 0.25) is 0 Å². The van der Waals surface area contributed by atoms with E-state index in [1.54, 1.807) is 7.11 Å². The van der Waals surface area contributed by atoms with E-state index >= 15 is 0 Å². The smallest absolute Gasteiger partial charge is 0.0746 e. The minimum Gasteiger partial charge on any atom is -0.377 e. The molecule has 1 aromatic carbocycles. The van der Waals surface area contributed by atoms with Crippen molar-refractivity contribution in [3.63, 3.8) is 0 Å². The third-order valence-electron chi connectivity index (χ3n) is 2.55. The molecule has 0 aliphatic heterocycles. The number of methoxy groups -OCH3 is 1. The Labute approximate surface area is 92.6 Å². The normalized spacial score (nSPS) is 11.7. The van der Waals surface area contributed by atoms with Crippen LogP contribution >= 0.6 is 0 Å². The zero-order chi connectivity index (χ0) is 11.3. The Morgan fingerprint density at radius 3 is 2.33 bits per heavy atom. The molecule has 1 N–H and O–H groups in total. The highest BCUT2D eigenvalue weighted by atomic mass is 16.5. The van der Waals surface area contributed by atoms with Gasteiger partial charge in [0.25, 0.3) is 0 Å². The summed E-state index contributed by atoms with van der Waals surface area (Å²) in [6.45, 7) is 8.01. The van der Waals surface area contributed by atoms with Crippen LogP contribution in [0.2, 0.25) is 0 Å². The topological polar surface area (TPSA) is 21.3 Å². The van der Waals surface area contributed by atoms with Crippen molar-refractivity contribution in [3.05, 3.63) is 35.4 Å². The second-order valence-corrected chi connectivity index (χ2v) is 4.55. The molecule has 0 aliphatic carbocycles. The highest BCUT2D eigenvalue weighted by Gasteiger charge is 2.14. The third-order valence-corrected chi connectivity index (χ3v) is 2.55. The molecular formula is C13H21NO. The van der Waals surface area contributed by atoms with Gasteiger partial charge in [0.05, 0.1) is 5.60 Å². The van der Waals surface area contributed by atoms with Gasteiger partial charge in [-0.1, -0.05) is 29.8 Å². The van der Waals surface area contributed by atoms with Crippen LogP contribution in [0.4, 0.5) is 0 Å². The summed E-state index contributed by atoms with van der Waals surface area (Å²) in [5.74, 6) is 0. The van der Waals surface area contributed by atoms with E-state index in [9.17, 15) is 0 Å². The Bertz CT molecular complexity index is 290. The summed E-state index contributed by atoms with van der Waals surface area (Å²) >= 11 is 0. The quantitative estimate of drug-likeness (QED) is 0.801. The summed E-state index contributed by atoms with van der Waals surface area (Å²) in [6.07, 6.45) is 0. The number of rotatable bonds is 5. The maximum Gasteiger partial charge on any atom is 0.0746 e. The van der Waals surface area contributed by atoms with Gasteiger partial charge in [0.1, 0.15) is 0 Å². The number of ether oxygens (including phenoxy) is 1. The molecule has 1 rings (SSSR count). The maximum absolute atomic E-state index is 5.33. The zero-order valence-electron chi connectivity index (χ0n) is 10.1. The van der Waals surface area contributed by atoms with E-state index < -0.39 is 0 Å². The van der Waals surface area contributed by atoms with E-state index in [2.05, 4.69) is 50.4 Å². The molecular weight excluding hydrogens is 186 g/mol. The van der Waals surface area contributed by atoms with Gasteiger partial charge in [-0.15, -0.1) is 0 Å². The third kappa shape index (κ3) is 4.45. The first kappa shape index (κ1) is 12.2. The summed E-state index contributed by atoms with van der Waals surface area (Å²) in [4.78, 5) is 0. The first-order chi connectivity index (χ1) is 7.03. The van der Waals surface area contributed by atoms with Crippen molar-refractivity contribution in [2.24, 2.45) is 0 Å². The number of hydrogen-bond acceptors (Lipinski definition) is 2. The predicted molar refractivity (Wildman–Crippen MR) is 64.0 cm³/mol. The van der Waals surface area contributed by atoms with Gasteiger partial charge in [-0.3, -0.25) is 0 Å². The maximum atomic E-state index is 5.33. The first-order valence-electron chi connectivity index (χ1n) is 5.35. The molecule has 0 saturated heterocycles. The lowest BCUT2D eigenvalue weighted by Gasteiger charge is -2.23. The lowest BCUT2D eigenvalue weighted by Crippen LogP contribution is -2.36. The molecule has 2 nitrogen and oxygen atoms in total. The molecule has 0 radical (unpaired) electrons. The predicted octanol–water partition coefficient (Wildman–Crippen LogP) is 2.51. The van der Waals surface area contributed by atoms with Crippen LogP contribution in [0.25, 0.3) is 0 Å². The Hall–Kier alpha value is -0.860. The van der Waals surface area contributed by atoms with Crippen LogP contribution in [0.5, 0.6) is 0 Å². The summed E-state index contributed by atoms with van der Waals surface area (Å²) < 4.78 is 5.33. The standard InChI is InChI=1S/C13H21NO/c1-11-5-7-12(8-6-11)9-14-10-13(2,3)15-4/h5-8,14H,9-10H2,1-4H3. The Balaban J connectivity index is 2.35. The van der Waals surface area contributed by atoms with Crippen molar-refractivity contribution in [1.29, 1.82) is 0 Å². The fourth-order valence-corrected chi connectivity index (χ4v) is 1.29. The van der Waals surface area contributed by atoms with E-state index in [0.717, 1.165) is 13.1 Å².